The molecule has 14 heavy (non-hydrogen) atoms. The molecule has 4 nitrogen and oxygen atoms in total. The van der Waals surface area contributed by atoms with Crippen molar-refractivity contribution in [2.45, 2.75) is 13.5 Å². The Hall–Kier alpha value is -1.84. The van der Waals surface area contributed by atoms with Gasteiger partial charge in [0.1, 0.15) is 0 Å². The lowest BCUT2D eigenvalue weighted by molar-refractivity contribution is -0.116. The normalized spacial score (nSPS) is 10.4. The van der Waals surface area contributed by atoms with Crippen molar-refractivity contribution >= 4 is 11.6 Å². The fraction of sp³-hybridized carbons (Fsp3) is 0.200. The lowest BCUT2D eigenvalue weighted by Crippen LogP contribution is -2.21. The van der Waals surface area contributed by atoms with Gasteiger partial charge in [-0.15, -0.1) is 0 Å². The van der Waals surface area contributed by atoms with Crippen LogP contribution in [0.25, 0.3) is 0 Å². The molecule has 0 unspecified atom stereocenters. The lowest BCUT2D eigenvalue weighted by atomic mass is 10.3. The summed E-state index contributed by atoms with van der Waals surface area (Å²) in [6.07, 6.45) is 4.78. The quantitative estimate of drug-likeness (QED) is 0.696. The number of nitrogen functional groups attached to an aromatic ring is 1. The summed E-state index contributed by atoms with van der Waals surface area (Å²) >= 11 is 0. The van der Waals surface area contributed by atoms with Crippen LogP contribution in [0, 0.1) is 0 Å². The Morgan fingerprint density at radius 1 is 1.71 bits per heavy atom. The second-order valence-electron chi connectivity index (χ2n) is 2.76. The van der Waals surface area contributed by atoms with Gasteiger partial charge in [0.05, 0.1) is 17.9 Å². The van der Waals surface area contributed by atoms with E-state index in [1.807, 2.05) is 0 Å². The molecule has 0 saturated heterocycles. The molecule has 74 valence electrons. The van der Waals surface area contributed by atoms with Crippen LogP contribution in [0.2, 0.25) is 0 Å². The van der Waals surface area contributed by atoms with Crippen molar-refractivity contribution in [3.05, 3.63) is 36.2 Å². The first-order chi connectivity index (χ1) is 6.74. The molecule has 1 aromatic rings. The maximum absolute atomic E-state index is 11.1. The van der Waals surface area contributed by atoms with Gasteiger partial charge in [-0.25, -0.2) is 0 Å². The summed E-state index contributed by atoms with van der Waals surface area (Å²) in [6, 6.07) is 3.51. The number of anilines is 1. The van der Waals surface area contributed by atoms with Crippen LogP contribution in [0.5, 0.6) is 0 Å². The van der Waals surface area contributed by atoms with Gasteiger partial charge in [0, 0.05) is 6.20 Å². The van der Waals surface area contributed by atoms with E-state index in [2.05, 4.69) is 10.3 Å². The minimum Gasteiger partial charge on any atom is -0.397 e. The fourth-order valence-corrected chi connectivity index (χ4v) is 0.979. The van der Waals surface area contributed by atoms with E-state index in [4.69, 9.17) is 5.73 Å². The molecule has 0 aliphatic rings. The molecule has 0 aliphatic heterocycles. The molecule has 4 heteroatoms. The highest BCUT2D eigenvalue weighted by Crippen LogP contribution is 2.05. The van der Waals surface area contributed by atoms with Crippen LogP contribution >= 0.6 is 0 Å². The van der Waals surface area contributed by atoms with E-state index in [-0.39, 0.29) is 5.91 Å². The van der Waals surface area contributed by atoms with E-state index >= 15 is 0 Å². The maximum Gasteiger partial charge on any atom is 0.243 e. The molecule has 1 aromatic heterocycles. The largest absolute Gasteiger partial charge is 0.397 e. The third kappa shape index (κ3) is 2.90. The number of rotatable bonds is 3. The molecule has 1 heterocycles. The van der Waals surface area contributed by atoms with Gasteiger partial charge in [0.2, 0.25) is 5.91 Å². The molecule has 0 fully saturated rings. The zero-order valence-corrected chi connectivity index (χ0v) is 8.03. The average Bonchev–Trinajstić information content (AvgIpc) is 2.17. The third-order valence-electron chi connectivity index (χ3n) is 1.67. The Morgan fingerprint density at radius 2 is 2.50 bits per heavy atom. The monoisotopic (exact) mass is 191 g/mol. The Kier molecular flexibility index (Phi) is 3.67. The van der Waals surface area contributed by atoms with Crippen LogP contribution < -0.4 is 11.1 Å². The van der Waals surface area contributed by atoms with Gasteiger partial charge in [-0.1, -0.05) is 6.08 Å². The topological polar surface area (TPSA) is 68.0 Å². The van der Waals surface area contributed by atoms with Crippen molar-refractivity contribution in [3.63, 3.8) is 0 Å². The van der Waals surface area contributed by atoms with Gasteiger partial charge in [0.15, 0.2) is 0 Å². The summed E-state index contributed by atoms with van der Waals surface area (Å²) in [5.41, 5.74) is 6.93. The van der Waals surface area contributed by atoms with Crippen molar-refractivity contribution in [1.29, 1.82) is 0 Å². The van der Waals surface area contributed by atoms with Gasteiger partial charge in [-0.2, -0.15) is 0 Å². The Bertz CT molecular complexity index is 347. The SMILES string of the molecule is C/C=C/C(=O)NCc1ncccc1N. The number of pyridine rings is 1. The van der Waals surface area contributed by atoms with Gasteiger partial charge in [-0.05, 0) is 25.1 Å². The summed E-state index contributed by atoms with van der Waals surface area (Å²) in [5, 5.41) is 2.67. The summed E-state index contributed by atoms with van der Waals surface area (Å²) in [4.78, 5) is 15.1. The number of aromatic nitrogens is 1. The number of hydrogen-bond donors (Lipinski definition) is 2. The summed E-state index contributed by atoms with van der Waals surface area (Å²) in [7, 11) is 0. The minimum absolute atomic E-state index is 0.141. The number of amides is 1. The molecule has 0 atom stereocenters. The summed E-state index contributed by atoms with van der Waals surface area (Å²) in [5.74, 6) is -0.141. The summed E-state index contributed by atoms with van der Waals surface area (Å²) < 4.78 is 0. The number of nitrogens with one attached hydrogen (secondary N) is 1. The Morgan fingerprint density at radius 3 is 3.14 bits per heavy atom. The predicted molar refractivity (Wildman–Crippen MR) is 55.3 cm³/mol. The maximum atomic E-state index is 11.1. The molecule has 0 radical (unpaired) electrons. The number of nitrogens with zero attached hydrogens (tertiary/aromatic N) is 1. The van der Waals surface area contributed by atoms with Gasteiger partial charge >= 0.3 is 0 Å². The molecule has 0 spiro atoms. The highest BCUT2D eigenvalue weighted by Gasteiger charge is 2.00. The van der Waals surface area contributed by atoms with E-state index in [1.54, 1.807) is 31.3 Å². The molecule has 0 saturated carbocycles. The number of hydrogen-bond acceptors (Lipinski definition) is 3. The van der Waals surface area contributed by atoms with E-state index in [9.17, 15) is 4.79 Å². The number of allylic oxidation sites excluding steroid dienone is 1. The Balaban J connectivity index is 2.54. The Labute approximate surface area is 82.8 Å². The van der Waals surface area contributed by atoms with Gasteiger partial charge in [-0.3, -0.25) is 9.78 Å². The standard InChI is InChI=1S/C10H13N3O/c1-2-4-10(14)13-7-9-8(11)5-3-6-12-9/h2-6H,7,11H2,1H3,(H,13,14)/b4-2+. The summed E-state index contributed by atoms with van der Waals surface area (Å²) in [6.45, 7) is 2.14. The van der Waals surface area contributed by atoms with Crippen molar-refractivity contribution in [2.75, 3.05) is 5.73 Å². The fourth-order valence-electron chi connectivity index (χ4n) is 0.979. The molecule has 0 bridgehead atoms. The second-order valence-corrected chi connectivity index (χ2v) is 2.76. The molecule has 1 rings (SSSR count). The third-order valence-corrected chi connectivity index (χ3v) is 1.67. The van der Waals surface area contributed by atoms with Crippen LogP contribution in [0.1, 0.15) is 12.6 Å². The second kappa shape index (κ2) is 5.01. The van der Waals surface area contributed by atoms with Crippen molar-refractivity contribution in [3.8, 4) is 0 Å². The molecular formula is C10H13N3O. The van der Waals surface area contributed by atoms with Crippen LogP contribution in [-0.2, 0) is 11.3 Å². The lowest BCUT2D eigenvalue weighted by Gasteiger charge is -2.03. The first kappa shape index (κ1) is 10.2. The highest BCUT2D eigenvalue weighted by molar-refractivity contribution is 5.87. The van der Waals surface area contributed by atoms with Gasteiger partial charge in [0.25, 0.3) is 0 Å². The van der Waals surface area contributed by atoms with Crippen LogP contribution in [0.3, 0.4) is 0 Å². The number of carbonyl (C=O) groups is 1. The van der Waals surface area contributed by atoms with E-state index in [0.717, 1.165) is 0 Å². The molecule has 0 aromatic carbocycles. The van der Waals surface area contributed by atoms with E-state index in [1.165, 1.54) is 6.08 Å². The first-order valence-corrected chi connectivity index (χ1v) is 4.34. The van der Waals surface area contributed by atoms with Crippen molar-refractivity contribution in [2.24, 2.45) is 0 Å². The zero-order chi connectivity index (χ0) is 10.4. The van der Waals surface area contributed by atoms with E-state index < -0.39 is 0 Å². The number of nitrogens with two attached hydrogens (primary N) is 1. The highest BCUT2D eigenvalue weighted by atomic mass is 16.1. The smallest absolute Gasteiger partial charge is 0.243 e. The first-order valence-electron chi connectivity index (χ1n) is 4.34. The molecular weight excluding hydrogens is 178 g/mol. The average molecular weight is 191 g/mol. The van der Waals surface area contributed by atoms with Crippen molar-refractivity contribution in [1.82, 2.24) is 10.3 Å². The molecule has 0 aliphatic carbocycles. The molecule has 1 amide bonds. The van der Waals surface area contributed by atoms with Crippen LogP contribution in [0.15, 0.2) is 30.5 Å². The zero-order valence-electron chi connectivity index (χ0n) is 8.03. The number of carbonyl (C=O) groups excluding carboxylic acids is 1. The molecule has 3 N–H and O–H groups in total. The van der Waals surface area contributed by atoms with Crippen molar-refractivity contribution < 1.29 is 4.79 Å². The van der Waals surface area contributed by atoms with Gasteiger partial charge < -0.3 is 11.1 Å². The van der Waals surface area contributed by atoms with Crippen LogP contribution in [0.4, 0.5) is 5.69 Å². The predicted octanol–water partition coefficient (Wildman–Crippen LogP) is 0.856. The van der Waals surface area contributed by atoms with Crippen LogP contribution in [-0.4, -0.2) is 10.9 Å². The minimum atomic E-state index is -0.141. The van der Waals surface area contributed by atoms with E-state index in [0.29, 0.717) is 17.9 Å².